The number of thioether (sulfide) groups is 2. The number of thiocarbonyl (C=S) groups is 1. The van der Waals surface area contributed by atoms with Crippen molar-refractivity contribution in [2.45, 2.75) is 11.8 Å². The first-order chi connectivity index (χ1) is 12.8. The molecule has 1 N–H and O–H groups in total. The number of nitrogens with zero attached hydrogens (tertiary/aromatic N) is 3. The highest BCUT2D eigenvalue weighted by molar-refractivity contribution is 9.10. The number of aliphatic carboxylic acids is 1. The molecule has 27 heavy (non-hydrogen) atoms. The Morgan fingerprint density at radius 1 is 1.37 bits per heavy atom. The van der Waals surface area contributed by atoms with E-state index in [1.54, 1.807) is 6.08 Å². The lowest BCUT2D eigenvalue weighted by Crippen LogP contribution is -2.33. The van der Waals surface area contributed by atoms with Crippen LogP contribution < -0.4 is 4.90 Å². The zero-order valence-electron chi connectivity index (χ0n) is 13.9. The van der Waals surface area contributed by atoms with E-state index in [1.807, 2.05) is 25.1 Å². The van der Waals surface area contributed by atoms with Crippen molar-refractivity contribution in [3.05, 3.63) is 50.1 Å². The number of halogens is 1. The van der Waals surface area contributed by atoms with Gasteiger partial charge in [0.1, 0.15) is 10.9 Å². The van der Waals surface area contributed by atoms with Crippen LogP contribution in [0.3, 0.4) is 0 Å². The van der Waals surface area contributed by atoms with Gasteiger partial charge in [0, 0.05) is 15.9 Å². The van der Waals surface area contributed by atoms with Crippen LogP contribution in [0.15, 0.2) is 43.6 Å². The van der Waals surface area contributed by atoms with Crippen molar-refractivity contribution < 1.29 is 14.7 Å². The summed E-state index contributed by atoms with van der Waals surface area (Å²) in [6, 6.07) is 3.76. The summed E-state index contributed by atoms with van der Waals surface area (Å²) in [7, 11) is 0. The minimum Gasteiger partial charge on any atom is -0.480 e. The van der Waals surface area contributed by atoms with E-state index in [-0.39, 0.29) is 4.32 Å². The van der Waals surface area contributed by atoms with E-state index < -0.39 is 18.4 Å². The summed E-state index contributed by atoms with van der Waals surface area (Å²) in [5.74, 6) is -1.50. The van der Waals surface area contributed by atoms with Gasteiger partial charge in [0.05, 0.1) is 22.2 Å². The van der Waals surface area contributed by atoms with Crippen LogP contribution in [0.1, 0.15) is 6.92 Å². The lowest BCUT2D eigenvalue weighted by atomic mass is 10.2. The van der Waals surface area contributed by atoms with Gasteiger partial charge in [-0.05, 0) is 31.2 Å². The highest BCUT2D eigenvalue weighted by atomic mass is 79.9. The van der Waals surface area contributed by atoms with Gasteiger partial charge in [-0.25, -0.2) is 4.85 Å². The Labute approximate surface area is 178 Å². The van der Waals surface area contributed by atoms with Crippen molar-refractivity contribution in [3.63, 3.8) is 0 Å². The van der Waals surface area contributed by atoms with E-state index in [0.717, 1.165) is 43.3 Å². The van der Waals surface area contributed by atoms with E-state index in [4.69, 9.17) is 23.9 Å². The monoisotopic (exact) mass is 481 g/mol. The van der Waals surface area contributed by atoms with Gasteiger partial charge < -0.3 is 10.0 Å². The van der Waals surface area contributed by atoms with Crippen LogP contribution in [0.5, 0.6) is 0 Å². The molecule has 6 nitrogen and oxygen atoms in total. The fourth-order valence-corrected chi connectivity index (χ4v) is 5.34. The van der Waals surface area contributed by atoms with Gasteiger partial charge in [-0.1, -0.05) is 51.7 Å². The average Bonchev–Trinajstić information content (AvgIpc) is 3.09. The number of hydrogen-bond donors (Lipinski definition) is 1. The summed E-state index contributed by atoms with van der Waals surface area (Å²) in [5.41, 5.74) is 1.55. The van der Waals surface area contributed by atoms with Crippen LogP contribution >= 0.6 is 51.7 Å². The van der Waals surface area contributed by atoms with Gasteiger partial charge in [-0.15, -0.1) is 0 Å². The molecule has 1 aromatic carbocycles. The maximum atomic E-state index is 12.4. The molecular formula is C17H12BrN3O3S3. The van der Waals surface area contributed by atoms with Crippen LogP contribution in [0, 0.1) is 6.57 Å². The lowest BCUT2D eigenvalue weighted by Gasteiger charge is -2.18. The van der Waals surface area contributed by atoms with Gasteiger partial charge in [0.15, 0.2) is 0 Å². The topological polar surface area (TPSA) is 65.2 Å². The Balaban J connectivity index is 1.89. The second kappa shape index (κ2) is 8.06. The molecule has 1 saturated heterocycles. The third-order valence-electron chi connectivity index (χ3n) is 3.78. The maximum absolute atomic E-state index is 12.4. The fraction of sp³-hybridized carbons (Fsp3) is 0.176. The smallest absolute Gasteiger partial charge is 0.323 e. The number of hydrogen-bond acceptors (Lipinski definition) is 6. The molecular weight excluding hydrogens is 470 g/mol. The number of carbonyl (C=O) groups is 2. The quantitative estimate of drug-likeness (QED) is 0.382. The Hall–Kier alpha value is -1.80. The molecule has 138 valence electrons. The molecule has 2 heterocycles. The number of carbonyl (C=O) groups excluding carboxylic acids is 1. The summed E-state index contributed by atoms with van der Waals surface area (Å²) in [6.07, 6.45) is 3.50. The van der Waals surface area contributed by atoms with E-state index in [9.17, 15) is 9.59 Å². The molecule has 0 unspecified atom stereocenters. The third kappa shape index (κ3) is 3.91. The molecule has 0 spiro atoms. The lowest BCUT2D eigenvalue weighted by molar-refractivity contribution is -0.140. The van der Waals surface area contributed by atoms with Crippen LogP contribution in [0.2, 0.25) is 0 Å². The predicted octanol–water partition coefficient (Wildman–Crippen LogP) is 4.60. The van der Waals surface area contributed by atoms with Gasteiger partial charge in [-0.2, -0.15) is 0 Å². The third-order valence-corrected chi connectivity index (χ3v) is 6.92. The summed E-state index contributed by atoms with van der Waals surface area (Å²) < 4.78 is 0.985. The number of rotatable bonds is 4. The minimum atomic E-state index is -1.11. The van der Waals surface area contributed by atoms with Crippen LogP contribution in [-0.2, 0) is 9.59 Å². The van der Waals surface area contributed by atoms with E-state index in [1.165, 1.54) is 11.8 Å². The zero-order valence-corrected chi connectivity index (χ0v) is 18.0. The molecule has 10 heteroatoms. The summed E-state index contributed by atoms with van der Waals surface area (Å²) in [4.78, 5) is 31.3. The SMILES string of the molecule is [C-]#[N+]c1cc2c(cc1Br)N(CC)/C(=C/C=C1/SC(=S)N(CC(=O)O)C1=O)S2. The van der Waals surface area contributed by atoms with Crippen LogP contribution in [-0.4, -0.2) is 39.3 Å². The summed E-state index contributed by atoms with van der Waals surface area (Å²) in [6.45, 7) is 9.55. The normalized spacial score (nSPS) is 19.1. The highest BCUT2D eigenvalue weighted by Crippen LogP contribution is 2.49. The van der Waals surface area contributed by atoms with Gasteiger partial charge in [-0.3, -0.25) is 14.5 Å². The van der Waals surface area contributed by atoms with Crippen molar-refractivity contribution in [2.24, 2.45) is 0 Å². The number of carboxylic acid groups (broad SMARTS) is 1. The Kier molecular flexibility index (Phi) is 5.95. The summed E-state index contributed by atoms with van der Waals surface area (Å²) >= 11 is 11.1. The largest absolute Gasteiger partial charge is 0.480 e. The first-order valence-corrected chi connectivity index (χ1v) is 10.5. The number of carboxylic acids is 1. The molecule has 0 aromatic heterocycles. The van der Waals surface area contributed by atoms with Gasteiger partial charge in [0.2, 0.25) is 5.69 Å². The van der Waals surface area contributed by atoms with Crippen molar-refractivity contribution in [2.75, 3.05) is 18.0 Å². The highest BCUT2D eigenvalue weighted by Gasteiger charge is 2.33. The van der Waals surface area contributed by atoms with Gasteiger partial charge >= 0.3 is 5.97 Å². The fourth-order valence-electron chi connectivity index (χ4n) is 2.58. The standard InChI is InChI=1S/C17H12BrN3O3S3/c1-3-20-11-6-9(18)10(19-2)7-13(11)26-14(20)5-4-12-16(24)21(8-15(22)23)17(25)27-12/h4-7H,3,8H2,1H3,(H,22,23)/b12-4+,14-5-. The maximum Gasteiger partial charge on any atom is 0.323 e. The summed E-state index contributed by atoms with van der Waals surface area (Å²) in [5, 5.41) is 9.82. The van der Waals surface area contributed by atoms with E-state index in [0.29, 0.717) is 10.6 Å². The second-order valence-electron chi connectivity index (χ2n) is 5.42. The van der Waals surface area contributed by atoms with Crippen molar-refractivity contribution in [3.8, 4) is 0 Å². The first-order valence-electron chi connectivity index (χ1n) is 7.69. The minimum absolute atomic E-state index is 0.243. The van der Waals surface area contributed by atoms with Gasteiger partial charge in [0.25, 0.3) is 5.91 Å². The van der Waals surface area contributed by atoms with Crippen LogP contribution in [0.4, 0.5) is 11.4 Å². The molecule has 2 aliphatic rings. The molecule has 0 aliphatic carbocycles. The number of benzene rings is 1. The van der Waals surface area contributed by atoms with Crippen molar-refractivity contribution in [1.29, 1.82) is 0 Å². The molecule has 1 aromatic rings. The second-order valence-corrected chi connectivity index (χ2v) is 9.01. The number of allylic oxidation sites excluding steroid dienone is 2. The molecule has 0 bridgehead atoms. The molecule has 1 fully saturated rings. The molecule has 0 saturated carbocycles. The molecule has 1 amide bonds. The number of anilines is 1. The Morgan fingerprint density at radius 3 is 2.74 bits per heavy atom. The molecule has 2 aliphatic heterocycles. The number of amides is 1. The average molecular weight is 482 g/mol. The van der Waals surface area contributed by atoms with E-state index in [2.05, 4.69) is 25.7 Å². The number of fused-ring (bicyclic) bond motifs is 1. The Morgan fingerprint density at radius 2 is 2.11 bits per heavy atom. The molecule has 0 atom stereocenters. The van der Waals surface area contributed by atoms with Crippen LogP contribution in [0.25, 0.3) is 4.85 Å². The Bertz CT molecular complexity index is 968. The van der Waals surface area contributed by atoms with E-state index >= 15 is 0 Å². The first kappa shape index (κ1) is 19.9. The van der Waals surface area contributed by atoms with Crippen molar-refractivity contribution >= 4 is 79.2 Å². The predicted molar refractivity (Wildman–Crippen MR) is 115 cm³/mol. The molecule has 3 rings (SSSR count). The van der Waals surface area contributed by atoms with Crippen molar-refractivity contribution in [1.82, 2.24) is 4.90 Å². The zero-order chi connectivity index (χ0) is 19.7. The molecule has 0 radical (unpaired) electrons.